The summed E-state index contributed by atoms with van der Waals surface area (Å²) in [5, 5.41) is 13.8. The maximum absolute atomic E-state index is 9.72. The summed E-state index contributed by atoms with van der Waals surface area (Å²) in [6, 6.07) is 5.59. The first-order valence-corrected chi connectivity index (χ1v) is 6.62. The molecule has 2 unspecified atom stereocenters. The van der Waals surface area contributed by atoms with Crippen molar-refractivity contribution < 1.29 is 14.0 Å². The van der Waals surface area contributed by atoms with Crippen LogP contribution in [0.15, 0.2) is 33.4 Å². The molecule has 0 aromatic carbocycles. The van der Waals surface area contributed by atoms with Crippen LogP contribution >= 0.6 is 0 Å². The van der Waals surface area contributed by atoms with Gasteiger partial charge in [-0.25, -0.2) is 0 Å². The predicted octanol–water partition coefficient (Wildman–Crippen LogP) is 2.14. The van der Waals surface area contributed by atoms with Crippen molar-refractivity contribution in [3.05, 3.63) is 30.2 Å². The normalized spacial score (nSPS) is 24.7. The molecule has 0 bridgehead atoms. The van der Waals surface area contributed by atoms with Gasteiger partial charge in [-0.3, -0.25) is 4.90 Å². The minimum Gasteiger partial charge on any atom is -0.461 e. The van der Waals surface area contributed by atoms with Crippen molar-refractivity contribution in [2.45, 2.75) is 26.0 Å². The number of piperidine rings is 1. The third kappa shape index (κ3) is 2.72. The van der Waals surface area contributed by atoms with Gasteiger partial charge in [0.1, 0.15) is 0 Å². The van der Waals surface area contributed by atoms with Gasteiger partial charge in [0.15, 0.2) is 5.76 Å². The van der Waals surface area contributed by atoms with Gasteiger partial charge in [-0.05, 0) is 24.5 Å². The fourth-order valence-electron chi connectivity index (χ4n) is 2.51. The van der Waals surface area contributed by atoms with Gasteiger partial charge in [0.05, 0.1) is 18.1 Å². The molecule has 2 atom stereocenters. The van der Waals surface area contributed by atoms with Gasteiger partial charge in [0, 0.05) is 25.7 Å². The van der Waals surface area contributed by atoms with E-state index in [0.717, 1.165) is 31.7 Å². The van der Waals surface area contributed by atoms with E-state index in [4.69, 9.17) is 8.94 Å². The SMILES string of the molecule is CC1CN(Cc2cc(-c3ccco3)on2)CCC1O. The third-order valence-corrected chi connectivity index (χ3v) is 3.65. The zero-order valence-electron chi connectivity index (χ0n) is 11.0. The van der Waals surface area contributed by atoms with E-state index in [1.807, 2.05) is 18.2 Å². The Morgan fingerprint density at radius 3 is 3.11 bits per heavy atom. The Bertz CT molecular complexity index is 521. The average Bonchev–Trinajstić information content (AvgIpc) is 3.04. The van der Waals surface area contributed by atoms with Crippen molar-refractivity contribution in [2.24, 2.45) is 5.92 Å². The highest BCUT2D eigenvalue weighted by atomic mass is 16.5. The van der Waals surface area contributed by atoms with Crippen LogP contribution < -0.4 is 0 Å². The van der Waals surface area contributed by atoms with Gasteiger partial charge in [0.25, 0.3) is 0 Å². The van der Waals surface area contributed by atoms with E-state index in [1.165, 1.54) is 0 Å². The molecule has 1 aliphatic heterocycles. The number of likely N-dealkylation sites (tertiary alicyclic amines) is 1. The van der Waals surface area contributed by atoms with E-state index in [1.54, 1.807) is 6.26 Å². The van der Waals surface area contributed by atoms with E-state index in [2.05, 4.69) is 17.0 Å². The Labute approximate surface area is 111 Å². The molecule has 1 fully saturated rings. The lowest BCUT2D eigenvalue weighted by Gasteiger charge is -2.33. The molecule has 5 heteroatoms. The van der Waals surface area contributed by atoms with E-state index in [9.17, 15) is 5.11 Å². The summed E-state index contributed by atoms with van der Waals surface area (Å²) in [5.41, 5.74) is 0.898. The van der Waals surface area contributed by atoms with Crippen LogP contribution in [0.5, 0.6) is 0 Å². The fourth-order valence-corrected chi connectivity index (χ4v) is 2.51. The summed E-state index contributed by atoms with van der Waals surface area (Å²) in [6.07, 6.45) is 2.27. The highest BCUT2D eigenvalue weighted by molar-refractivity contribution is 5.49. The van der Waals surface area contributed by atoms with Crippen molar-refractivity contribution >= 4 is 0 Å². The molecule has 0 amide bonds. The summed E-state index contributed by atoms with van der Waals surface area (Å²) < 4.78 is 10.6. The van der Waals surface area contributed by atoms with Crippen molar-refractivity contribution in [3.63, 3.8) is 0 Å². The zero-order valence-corrected chi connectivity index (χ0v) is 11.0. The maximum atomic E-state index is 9.72. The van der Waals surface area contributed by atoms with Crippen molar-refractivity contribution in [2.75, 3.05) is 13.1 Å². The third-order valence-electron chi connectivity index (χ3n) is 3.65. The summed E-state index contributed by atoms with van der Waals surface area (Å²) in [6.45, 7) is 4.62. The topological polar surface area (TPSA) is 62.6 Å². The molecule has 3 heterocycles. The molecule has 0 saturated carbocycles. The lowest BCUT2D eigenvalue weighted by Crippen LogP contribution is -2.41. The van der Waals surface area contributed by atoms with Crippen LogP contribution in [0.4, 0.5) is 0 Å². The Morgan fingerprint density at radius 1 is 1.47 bits per heavy atom. The van der Waals surface area contributed by atoms with E-state index < -0.39 is 0 Å². The number of hydrogen-bond acceptors (Lipinski definition) is 5. The second-order valence-corrected chi connectivity index (χ2v) is 5.23. The van der Waals surface area contributed by atoms with Crippen LogP contribution in [0, 0.1) is 5.92 Å². The van der Waals surface area contributed by atoms with Gasteiger partial charge in [-0.2, -0.15) is 0 Å². The predicted molar refractivity (Wildman–Crippen MR) is 69.3 cm³/mol. The van der Waals surface area contributed by atoms with Crippen LogP contribution in [0.25, 0.3) is 11.5 Å². The smallest absolute Gasteiger partial charge is 0.202 e. The molecule has 0 aliphatic carbocycles. The van der Waals surface area contributed by atoms with Gasteiger partial charge >= 0.3 is 0 Å². The summed E-state index contributed by atoms with van der Waals surface area (Å²) >= 11 is 0. The fraction of sp³-hybridized carbons (Fsp3) is 0.500. The minimum atomic E-state index is -0.174. The molecular formula is C14H18N2O3. The second-order valence-electron chi connectivity index (χ2n) is 5.23. The van der Waals surface area contributed by atoms with Crippen molar-refractivity contribution in [1.82, 2.24) is 10.1 Å². The van der Waals surface area contributed by atoms with Crippen LogP contribution in [0.3, 0.4) is 0 Å². The highest BCUT2D eigenvalue weighted by Gasteiger charge is 2.24. The molecule has 102 valence electrons. The van der Waals surface area contributed by atoms with Gasteiger partial charge in [0.2, 0.25) is 5.76 Å². The van der Waals surface area contributed by atoms with E-state index in [-0.39, 0.29) is 6.10 Å². The molecule has 1 saturated heterocycles. The van der Waals surface area contributed by atoms with Gasteiger partial charge in [-0.15, -0.1) is 0 Å². The summed E-state index contributed by atoms with van der Waals surface area (Å²) in [5.74, 6) is 1.66. The van der Waals surface area contributed by atoms with Gasteiger partial charge in [-0.1, -0.05) is 12.1 Å². The Hall–Kier alpha value is -1.59. The zero-order chi connectivity index (χ0) is 13.2. The average molecular weight is 262 g/mol. The molecule has 5 nitrogen and oxygen atoms in total. The number of nitrogens with zero attached hydrogens (tertiary/aromatic N) is 2. The molecule has 2 aromatic heterocycles. The molecule has 2 aromatic rings. The molecular weight excluding hydrogens is 244 g/mol. The number of aromatic nitrogens is 1. The number of furan rings is 1. The largest absolute Gasteiger partial charge is 0.461 e. The quantitative estimate of drug-likeness (QED) is 0.918. The van der Waals surface area contributed by atoms with Crippen molar-refractivity contribution in [3.8, 4) is 11.5 Å². The first-order valence-electron chi connectivity index (χ1n) is 6.62. The Kier molecular flexibility index (Phi) is 3.40. The molecule has 19 heavy (non-hydrogen) atoms. The Balaban J connectivity index is 1.64. The van der Waals surface area contributed by atoms with E-state index >= 15 is 0 Å². The van der Waals surface area contributed by atoms with Crippen molar-refractivity contribution in [1.29, 1.82) is 0 Å². The number of aliphatic hydroxyl groups excluding tert-OH is 1. The highest BCUT2D eigenvalue weighted by Crippen LogP contribution is 2.23. The van der Waals surface area contributed by atoms with Crippen LogP contribution in [-0.2, 0) is 6.54 Å². The molecule has 0 spiro atoms. The standard InChI is InChI=1S/C14H18N2O3/c1-10-8-16(5-4-12(10)17)9-11-7-14(19-15-11)13-3-2-6-18-13/h2-3,6-7,10,12,17H,4-5,8-9H2,1H3. The molecule has 0 radical (unpaired) electrons. The summed E-state index contributed by atoms with van der Waals surface area (Å²) in [7, 11) is 0. The second kappa shape index (κ2) is 5.19. The number of aliphatic hydroxyl groups is 1. The Morgan fingerprint density at radius 2 is 2.37 bits per heavy atom. The monoisotopic (exact) mass is 262 g/mol. The molecule has 1 N–H and O–H groups in total. The lowest BCUT2D eigenvalue weighted by molar-refractivity contribution is 0.0312. The summed E-state index contributed by atoms with van der Waals surface area (Å²) in [4.78, 5) is 2.29. The van der Waals surface area contributed by atoms with Crippen LogP contribution in [0.1, 0.15) is 19.0 Å². The van der Waals surface area contributed by atoms with Crippen LogP contribution in [0.2, 0.25) is 0 Å². The first kappa shape index (κ1) is 12.4. The van der Waals surface area contributed by atoms with E-state index in [0.29, 0.717) is 17.4 Å². The maximum Gasteiger partial charge on any atom is 0.202 e. The molecule has 3 rings (SSSR count). The lowest BCUT2D eigenvalue weighted by atomic mass is 9.97. The minimum absolute atomic E-state index is 0.174. The number of hydrogen-bond donors (Lipinski definition) is 1. The van der Waals surface area contributed by atoms with Gasteiger partial charge < -0.3 is 14.0 Å². The number of rotatable bonds is 3. The molecule has 1 aliphatic rings. The van der Waals surface area contributed by atoms with Crippen LogP contribution in [-0.4, -0.2) is 34.4 Å². The first-order chi connectivity index (χ1) is 9.22.